The van der Waals surface area contributed by atoms with E-state index in [-0.39, 0.29) is 22.3 Å². The van der Waals surface area contributed by atoms with Gasteiger partial charge in [0.05, 0.1) is 16.4 Å². The lowest BCUT2D eigenvalue weighted by Crippen LogP contribution is -2.49. The molecule has 0 atom stereocenters. The monoisotopic (exact) mass is 457 g/mol. The molecule has 32 heavy (non-hydrogen) atoms. The minimum Gasteiger partial charge on any atom is -0.362 e. The molecular formula is C19H23N9O3S. The van der Waals surface area contributed by atoms with Crippen molar-refractivity contribution in [2.75, 3.05) is 42.7 Å². The van der Waals surface area contributed by atoms with Crippen molar-refractivity contribution in [3.05, 3.63) is 51.8 Å². The standard InChI is InChI=1S/C19H23N9O3S/c1-13-11-14(2)27(23-13)18-21-22-19(26(18)20)32-12-17(29)25-9-7-24(8-10-25)15-5-3-4-6-16(15)28(30)31/h3-6,11H,7-10,12,20H2,1-2H3. The van der Waals surface area contributed by atoms with E-state index in [1.165, 1.54) is 22.5 Å². The zero-order chi connectivity index (χ0) is 22.8. The van der Waals surface area contributed by atoms with Crippen LogP contribution in [0.15, 0.2) is 35.5 Å². The summed E-state index contributed by atoms with van der Waals surface area (Å²) in [4.78, 5) is 27.3. The van der Waals surface area contributed by atoms with Crippen LogP contribution in [0.4, 0.5) is 11.4 Å². The van der Waals surface area contributed by atoms with E-state index in [0.29, 0.717) is 43.0 Å². The molecule has 1 amide bonds. The normalized spacial score (nSPS) is 14.1. The van der Waals surface area contributed by atoms with Crippen molar-refractivity contribution in [2.45, 2.75) is 19.0 Å². The molecule has 1 fully saturated rings. The molecule has 0 bridgehead atoms. The minimum absolute atomic E-state index is 0.0483. The van der Waals surface area contributed by atoms with E-state index in [0.717, 1.165) is 11.4 Å². The molecule has 3 aromatic rings. The van der Waals surface area contributed by atoms with Crippen molar-refractivity contribution in [3.8, 4) is 5.95 Å². The molecule has 1 saturated heterocycles. The van der Waals surface area contributed by atoms with E-state index in [1.54, 1.807) is 27.8 Å². The van der Waals surface area contributed by atoms with Crippen LogP contribution in [0.2, 0.25) is 0 Å². The third-order valence-electron chi connectivity index (χ3n) is 5.22. The van der Waals surface area contributed by atoms with Gasteiger partial charge in [-0.3, -0.25) is 14.9 Å². The van der Waals surface area contributed by atoms with Crippen LogP contribution in [0.3, 0.4) is 0 Å². The molecule has 0 aliphatic carbocycles. The quantitative estimate of drug-likeness (QED) is 0.250. The summed E-state index contributed by atoms with van der Waals surface area (Å²) in [5, 5.41) is 24.2. The summed E-state index contributed by atoms with van der Waals surface area (Å²) < 4.78 is 2.93. The Kier molecular flexibility index (Phi) is 5.99. The van der Waals surface area contributed by atoms with Gasteiger partial charge >= 0.3 is 0 Å². The van der Waals surface area contributed by atoms with Crippen molar-refractivity contribution in [2.24, 2.45) is 0 Å². The highest BCUT2D eigenvalue weighted by Crippen LogP contribution is 2.28. The average Bonchev–Trinajstić information content (AvgIpc) is 3.32. The van der Waals surface area contributed by atoms with E-state index in [1.807, 2.05) is 24.8 Å². The fourth-order valence-electron chi connectivity index (χ4n) is 3.64. The molecule has 0 radical (unpaired) electrons. The van der Waals surface area contributed by atoms with Gasteiger partial charge < -0.3 is 15.6 Å². The Balaban J connectivity index is 1.35. The van der Waals surface area contributed by atoms with E-state index in [9.17, 15) is 14.9 Å². The van der Waals surface area contributed by atoms with Gasteiger partial charge in [-0.25, -0.2) is 9.36 Å². The highest BCUT2D eigenvalue weighted by molar-refractivity contribution is 7.99. The molecule has 4 rings (SSSR count). The third kappa shape index (κ3) is 4.23. The maximum Gasteiger partial charge on any atom is 0.292 e. The summed E-state index contributed by atoms with van der Waals surface area (Å²) >= 11 is 1.21. The number of benzene rings is 1. The second-order valence-electron chi connectivity index (χ2n) is 7.39. The highest BCUT2D eigenvalue weighted by Gasteiger charge is 2.26. The number of rotatable bonds is 6. The molecule has 1 aromatic carbocycles. The summed E-state index contributed by atoms with van der Waals surface area (Å²) in [6.07, 6.45) is 0. The van der Waals surface area contributed by atoms with Crippen molar-refractivity contribution >= 4 is 29.0 Å². The number of nitrogens with zero attached hydrogens (tertiary/aromatic N) is 8. The van der Waals surface area contributed by atoms with E-state index >= 15 is 0 Å². The van der Waals surface area contributed by atoms with E-state index < -0.39 is 0 Å². The number of nitro groups is 1. The maximum absolute atomic E-state index is 12.7. The third-order valence-corrected chi connectivity index (χ3v) is 6.15. The van der Waals surface area contributed by atoms with Gasteiger partial charge in [0.15, 0.2) is 0 Å². The van der Waals surface area contributed by atoms with Gasteiger partial charge in [-0.2, -0.15) is 5.10 Å². The number of thioether (sulfide) groups is 1. The molecule has 3 heterocycles. The number of carbonyl (C=O) groups excluding carboxylic acids is 1. The topological polar surface area (TPSA) is 141 Å². The average molecular weight is 458 g/mol. The lowest BCUT2D eigenvalue weighted by molar-refractivity contribution is -0.384. The van der Waals surface area contributed by atoms with Crippen LogP contribution in [0.1, 0.15) is 11.4 Å². The predicted octanol–water partition coefficient (Wildman–Crippen LogP) is 1.14. The number of hydrogen-bond donors (Lipinski definition) is 1. The lowest BCUT2D eigenvalue weighted by Gasteiger charge is -2.35. The lowest BCUT2D eigenvalue weighted by atomic mass is 10.2. The van der Waals surface area contributed by atoms with Crippen LogP contribution in [0.5, 0.6) is 0 Å². The van der Waals surface area contributed by atoms with E-state index in [2.05, 4.69) is 15.3 Å². The molecule has 12 nitrogen and oxygen atoms in total. The molecule has 2 aromatic heterocycles. The van der Waals surface area contributed by atoms with Gasteiger partial charge in [-0.15, -0.1) is 10.2 Å². The second kappa shape index (κ2) is 8.86. The number of nitrogens with two attached hydrogens (primary N) is 1. The van der Waals surface area contributed by atoms with Crippen molar-refractivity contribution < 1.29 is 9.72 Å². The number of anilines is 1. The van der Waals surface area contributed by atoms with Crippen molar-refractivity contribution in [1.82, 2.24) is 29.6 Å². The Labute approximate surface area is 188 Å². The van der Waals surface area contributed by atoms with Crippen molar-refractivity contribution in [3.63, 3.8) is 0 Å². The molecular weight excluding hydrogens is 434 g/mol. The van der Waals surface area contributed by atoms with Crippen LogP contribution < -0.4 is 10.7 Å². The summed E-state index contributed by atoms with van der Waals surface area (Å²) in [6, 6.07) is 8.57. The molecule has 0 saturated carbocycles. The number of carbonyl (C=O) groups is 1. The Morgan fingerprint density at radius 3 is 2.56 bits per heavy atom. The number of piperazine rings is 1. The molecule has 2 N–H and O–H groups in total. The first-order chi connectivity index (χ1) is 15.3. The van der Waals surface area contributed by atoms with Gasteiger partial charge in [0.1, 0.15) is 5.69 Å². The van der Waals surface area contributed by atoms with Crippen LogP contribution in [-0.2, 0) is 4.79 Å². The zero-order valence-electron chi connectivity index (χ0n) is 17.7. The molecule has 168 valence electrons. The number of amides is 1. The summed E-state index contributed by atoms with van der Waals surface area (Å²) in [6.45, 7) is 5.79. The summed E-state index contributed by atoms with van der Waals surface area (Å²) in [7, 11) is 0. The maximum atomic E-state index is 12.7. The largest absolute Gasteiger partial charge is 0.362 e. The Bertz CT molecular complexity index is 1150. The van der Waals surface area contributed by atoms with Crippen LogP contribution in [0, 0.1) is 24.0 Å². The van der Waals surface area contributed by atoms with Gasteiger partial charge in [0.2, 0.25) is 11.1 Å². The smallest absolute Gasteiger partial charge is 0.292 e. The molecule has 1 aliphatic heterocycles. The fourth-order valence-corrected chi connectivity index (χ4v) is 4.40. The second-order valence-corrected chi connectivity index (χ2v) is 8.34. The van der Waals surface area contributed by atoms with Gasteiger partial charge in [-0.1, -0.05) is 23.9 Å². The Morgan fingerprint density at radius 2 is 1.91 bits per heavy atom. The first-order valence-corrected chi connectivity index (χ1v) is 11.0. The number of nitrogen functional groups attached to an aromatic ring is 1. The number of para-hydroxylation sites is 2. The molecule has 1 aliphatic rings. The zero-order valence-corrected chi connectivity index (χ0v) is 18.5. The first-order valence-electron chi connectivity index (χ1n) is 9.98. The SMILES string of the molecule is Cc1cc(C)n(-c2nnc(SCC(=O)N3CCN(c4ccccc4[N+](=O)[O-])CC3)n2N)n1. The summed E-state index contributed by atoms with van der Waals surface area (Å²) in [5.41, 5.74) is 2.37. The van der Waals surface area contributed by atoms with Crippen molar-refractivity contribution in [1.29, 1.82) is 0 Å². The first kappa shape index (κ1) is 21.6. The van der Waals surface area contributed by atoms with Gasteiger partial charge in [0, 0.05) is 37.9 Å². The fraction of sp³-hybridized carbons (Fsp3) is 0.368. The van der Waals surface area contributed by atoms with Gasteiger partial charge in [0.25, 0.3) is 11.6 Å². The van der Waals surface area contributed by atoms with Crippen LogP contribution in [-0.4, -0.2) is 72.3 Å². The summed E-state index contributed by atoms with van der Waals surface area (Å²) in [5.74, 6) is 6.62. The van der Waals surface area contributed by atoms with E-state index in [4.69, 9.17) is 5.84 Å². The Hall–Kier alpha value is -3.61. The highest BCUT2D eigenvalue weighted by atomic mass is 32.2. The molecule has 13 heteroatoms. The number of aryl methyl sites for hydroxylation is 2. The number of hydrogen-bond acceptors (Lipinski definition) is 9. The molecule has 0 spiro atoms. The molecule has 0 unspecified atom stereocenters. The number of nitro benzene ring substituents is 1. The Morgan fingerprint density at radius 1 is 1.19 bits per heavy atom. The number of aromatic nitrogens is 5. The predicted molar refractivity (Wildman–Crippen MR) is 119 cm³/mol. The van der Waals surface area contributed by atoms with Crippen LogP contribution >= 0.6 is 11.8 Å². The van der Waals surface area contributed by atoms with Gasteiger partial charge in [-0.05, 0) is 26.0 Å². The minimum atomic E-state index is -0.382. The van der Waals surface area contributed by atoms with Crippen LogP contribution in [0.25, 0.3) is 5.95 Å².